The number of halogens is 1. The first-order chi connectivity index (χ1) is 13.9. The molecule has 0 aliphatic carbocycles. The van der Waals surface area contributed by atoms with E-state index in [1.165, 1.54) is 29.7 Å². The Hall–Kier alpha value is -3.06. The highest BCUT2D eigenvalue weighted by Gasteiger charge is 2.11. The number of fused-ring (bicyclic) bond motifs is 1. The molecule has 0 N–H and O–H groups in total. The van der Waals surface area contributed by atoms with Crippen molar-refractivity contribution in [3.05, 3.63) is 58.3 Å². The summed E-state index contributed by atoms with van der Waals surface area (Å²) in [4.78, 5) is 23.9. The number of aromatic nitrogens is 2. The number of nitrogens with zero attached hydrogens (tertiary/aromatic N) is 4. The van der Waals surface area contributed by atoms with Crippen LogP contribution in [0, 0.1) is 12.7 Å². The fourth-order valence-electron chi connectivity index (χ4n) is 3.15. The van der Waals surface area contributed by atoms with Gasteiger partial charge in [-0.2, -0.15) is 0 Å². The molecule has 1 aromatic carbocycles. The predicted molar refractivity (Wildman–Crippen MR) is 114 cm³/mol. The highest BCUT2D eigenvalue weighted by atomic mass is 19.1. The van der Waals surface area contributed by atoms with Crippen molar-refractivity contribution in [3.63, 3.8) is 0 Å². The topological polar surface area (TPSA) is 59.2 Å². The van der Waals surface area contributed by atoms with Gasteiger partial charge in [-0.1, -0.05) is 6.92 Å². The second-order valence-electron chi connectivity index (χ2n) is 6.98. The van der Waals surface area contributed by atoms with Crippen LogP contribution in [0.2, 0.25) is 0 Å². The molecule has 152 valence electrons. The molecule has 0 saturated heterocycles. The molecule has 3 aromatic rings. The van der Waals surface area contributed by atoms with Crippen molar-refractivity contribution in [1.29, 1.82) is 0 Å². The summed E-state index contributed by atoms with van der Waals surface area (Å²) < 4.78 is 20.5. The van der Waals surface area contributed by atoms with E-state index in [-0.39, 0.29) is 11.3 Å². The van der Waals surface area contributed by atoms with E-state index >= 15 is 0 Å². The van der Waals surface area contributed by atoms with E-state index in [1.54, 1.807) is 12.3 Å². The summed E-state index contributed by atoms with van der Waals surface area (Å²) in [7, 11) is 3.45. The molecule has 2 aromatic heterocycles. The molecule has 0 unspecified atom stereocenters. The van der Waals surface area contributed by atoms with Crippen LogP contribution in [0.1, 0.15) is 18.9 Å². The number of ether oxygens (including phenoxy) is 1. The first-order valence-corrected chi connectivity index (χ1v) is 9.52. The van der Waals surface area contributed by atoms with E-state index < -0.39 is 5.82 Å². The molecule has 0 spiro atoms. The lowest BCUT2D eigenvalue weighted by Crippen LogP contribution is -2.21. The highest BCUT2D eigenvalue weighted by molar-refractivity contribution is 5.68. The quantitative estimate of drug-likeness (QED) is 0.569. The van der Waals surface area contributed by atoms with Crippen LogP contribution >= 0.6 is 0 Å². The second kappa shape index (κ2) is 8.96. The fourth-order valence-corrected chi connectivity index (χ4v) is 3.15. The largest absolute Gasteiger partial charge is 0.494 e. The van der Waals surface area contributed by atoms with Crippen LogP contribution in [0.5, 0.6) is 5.75 Å². The number of hydrogen-bond acceptors (Lipinski definition) is 5. The van der Waals surface area contributed by atoms with Gasteiger partial charge in [0.15, 0.2) is 11.6 Å². The smallest absolute Gasteiger partial charge is 0.258 e. The standard InChI is InChI=1S/C22H25FN4O2/c1-5-9-26(3)10-8-24-17-11-15(2)22-25-19(13-21(28)27(22)14-17)16-6-7-20(29-4)18(23)12-16/h6-8,11-14H,5,9-10H2,1-4H3. The zero-order valence-electron chi connectivity index (χ0n) is 17.1. The van der Waals surface area contributed by atoms with Crippen molar-refractivity contribution in [2.45, 2.75) is 20.3 Å². The Balaban J connectivity index is 1.97. The number of aliphatic imine (C=N–C) groups is 1. The summed E-state index contributed by atoms with van der Waals surface area (Å²) in [5.74, 6) is -0.351. The van der Waals surface area contributed by atoms with Gasteiger partial charge in [0.25, 0.3) is 5.56 Å². The zero-order valence-corrected chi connectivity index (χ0v) is 17.1. The summed E-state index contributed by atoms with van der Waals surface area (Å²) >= 11 is 0. The minimum atomic E-state index is -0.499. The maximum atomic E-state index is 14.1. The minimum Gasteiger partial charge on any atom is -0.494 e. The average molecular weight is 396 g/mol. The van der Waals surface area contributed by atoms with Crippen molar-refractivity contribution in [3.8, 4) is 17.0 Å². The Kier molecular flexibility index (Phi) is 6.39. The van der Waals surface area contributed by atoms with Crippen molar-refractivity contribution < 1.29 is 9.13 Å². The molecular weight excluding hydrogens is 371 g/mol. The Bertz CT molecular complexity index is 1110. The molecule has 29 heavy (non-hydrogen) atoms. The van der Waals surface area contributed by atoms with Crippen LogP contribution in [0.15, 0.2) is 46.3 Å². The summed E-state index contributed by atoms with van der Waals surface area (Å²) in [6, 6.07) is 7.81. The molecule has 0 aliphatic rings. The van der Waals surface area contributed by atoms with Gasteiger partial charge >= 0.3 is 0 Å². The number of benzene rings is 1. The maximum absolute atomic E-state index is 14.1. The SMILES string of the molecule is CCCN(C)CC=Nc1cc(C)c2nc(-c3ccc(OC)c(F)c3)cc(=O)n2c1. The number of methoxy groups -OCH3 is 1. The Morgan fingerprint density at radius 3 is 2.79 bits per heavy atom. The van der Waals surface area contributed by atoms with E-state index in [0.717, 1.165) is 25.1 Å². The molecule has 2 heterocycles. The normalized spacial score (nSPS) is 11.7. The zero-order chi connectivity index (χ0) is 21.0. The first kappa shape index (κ1) is 20.7. The lowest BCUT2D eigenvalue weighted by Gasteiger charge is -2.11. The third kappa shape index (κ3) is 4.68. The summed E-state index contributed by atoms with van der Waals surface area (Å²) in [5.41, 5.74) is 2.71. The van der Waals surface area contributed by atoms with E-state index in [4.69, 9.17) is 4.74 Å². The van der Waals surface area contributed by atoms with Gasteiger partial charge in [0.1, 0.15) is 5.65 Å². The summed E-state index contributed by atoms with van der Waals surface area (Å²) in [6.45, 7) is 5.75. The Morgan fingerprint density at radius 2 is 2.10 bits per heavy atom. The molecule has 0 amide bonds. The van der Waals surface area contributed by atoms with Gasteiger partial charge < -0.3 is 9.64 Å². The molecule has 0 radical (unpaired) electrons. The highest BCUT2D eigenvalue weighted by Crippen LogP contribution is 2.25. The molecular formula is C22H25FN4O2. The molecule has 3 rings (SSSR count). The molecule has 0 fully saturated rings. The van der Waals surface area contributed by atoms with E-state index in [2.05, 4.69) is 21.8 Å². The third-order valence-electron chi connectivity index (χ3n) is 4.62. The van der Waals surface area contributed by atoms with E-state index in [1.807, 2.05) is 26.3 Å². The maximum Gasteiger partial charge on any atom is 0.258 e. The lowest BCUT2D eigenvalue weighted by molar-refractivity contribution is 0.384. The monoisotopic (exact) mass is 396 g/mol. The number of aryl methyl sites for hydroxylation is 1. The van der Waals surface area contributed by atoms with Gasteiger partial charge in [0, 0.05) is 30.6 Å². The van der Waals surface area contributed by atoms with E-state index in [0.29, 0.717) is 22.6 Å². The van der Waals surface area contributed by atoms with Gasteiger partial charge in [-0.15, -0.1) is 0 Å². The molecule has 0 atom stereocenters. The number of rotatable bonds is 7. The van der Waals surface area contributed by atoms with Crippen molar-refractivity contribution in [2.75, 3.05) is 27.2 Å². The minimum absolute atomic E-state index is 0.148. The van der Waals surface area contributed by atoms with Crippen LogP contribution in [0.25, 0.3) is 16.9 Å². The van der Waals surface area contributed by atoms with Gasteiger partial charge in [-0.25, -0.2) is 9.37 Å². The van der Waals surface area contributed by atoms with Gasteiger partial charge in [0.05, 0.1) is 18.5 Å². The van der Waals surface area contributed by atoms with Crippen LogP contribution in [0.4, 0.5) is 10.1 Å². The van der Waals surface area contributed by atoms with Crippen molar-refractivity contribution >= 4 is 17.5 Å². The van der Waals surface area contributed by atoms with E-state index in [9.17, 15) is 9.18 Å². The second-order valence-corrected chi connectivity index (χ2v) is 6.98. The van der Waals surface area contributed by atoms with Crippen LogP contribution in [0.3, 0.4) is 0 Å². The molecule has 7 heteroatoms. The predicted octanol–water partition coefficient (Wildman–Crippen LogP) is 3.86. The lowest BCUT2D eigenvalue weighted by atomic mass is 10.1. The number of pyridine rings is 1. The fraction of sp³-hybridized carbons (Fsp3) is 0.318. The van der Waals surface area contributed by atoms with Gasteiger partial charge in [0.2, 0.25) is 0 Å². The third-order valence-corrected chi connectivity index (χ3v) is 4.62. The van der Waals surface area contributed by atoms with Crippen molar-refractivity contribution in [2.24, 2.45) is 4.99 Å². The molecule has 6 nitrogen and oxygen atoms in total. The van der Waals surface area contributed by atoms with Gasteiger partial charge in [-0.3, -0.25) is 14.2 Å². The molecule has 0 saturated carbocycles. The number of hydrogen-bond donors (Lipinski definition) is 0. The van der Waals surface area contributed by atoms with Crippen LogP contribution < -0.4 is 10.3 Å². The molecule has 0 bridgehead atoms. The van der Waals surface area contributed by atoms with Crippen molar-refractivity contribution in [1.82, 2.24) is 14.3 Å². The van der Waals surface area contributed by atoms with Crippen LogP contribution in [-0.4, -0.2) is 47.7 Å². The average Bonchev–Trinajstić information content (AvgIpc) is 2.69. The molecule has 0 aliphatic heterocycles. The summed E-state index contributed by atoms with van der Waals surface area (Å²) in [5, 5.41) is 0. The van der Waals surface area contributed by atoms with Gasteiger partial charge in [-0.05, 0) is 56.8 Å². The Labute approximate surface area is 169 Å². The Morgan fingerprint density at radius 1 is 1.31 bits per heavy atom. The first-order valence-electron chi connectivity index (χ1n) is 9.52. The summed E-state index contributed by atoms with van der Waals surface area (Å²) in [6.07, 6.45) is 4.59. The van der Waals surface area contributed by atoms with Crippen LogP contribution in [-0.2, 0) is 0 Å².